The Labute approximate surface area is 90.7 Å². The van der Waals surface area contributed by atoms with Gasteiger partial charge in [-0.2, -0.15) is 0 Å². The number of methoxy groups -OCH3 is 1. The predicted octanol–water partition coefficient (Wildman–Crippen LogP) is -0.532. The second kappa shape index (κ2) is 6.05. The summed E-state index contributed by atoms with van der Waals surface area (Å²) in [5, 5.41) is 3.14. The molecule has 1 heterocycles. The van der Waals surface area contributed by atoms with E-state index >= 15 is 0 Å². The summed E-state index contributed by atoms with van der Waals surface area (Å²) in [6, 6.07) is 0.0769. The average molecular weight is 216 g/mol. The van der Waals surface area contributed by atoms with Crippen LogP contribution in [0.5, 0.6) is 0 Å². The number of hydrogen-bond acceptors (Lipinski definition) is 4. The number of nitrogens with one attached hydrogen (secondary N) is 1. The smallest absolute Gasteiger partial charge is 0.253 e. The topological polar surface area (TPSA) is 50.8 Å². The van der Waals surface area contributed by atoms with E-state index in [1.807, 2.05) is 6.92 Å². The molecule has 0 aromatic heterocycles. The van der Waals surface area contributed by atoms with Crippen LogP contribution < -0.4 is 5.32 Å². The highest BCUT2D eigenvalue weighted by molar-refractivity contribution is 5.81. The van der Waals surface area contributed by atoms with E-state index in [9.17, 15) is 4.79 Å². The summed E-state index contributed by atoms with van der Waals surface area (Å²) in [4.78, 5) is 13.6. The van der Waals surface area contributed by atoms with Crippen LogP contribution in [0.1, 0.15) is 6.92 Å². The lowest BCUT2D eigenvalue weighted by molar-refractivity contribution is -0.146. The van der Waals surface area contributed by atoms with Crippen LogP contribution >= 0.6 is 0 Å². The van der Waals surface area contributed by atoms with Crippen LogP contribution in [0.2, 0.25) is 0 Å². The molecule has 0 aromatic rings. The van der Waals surface area contributed by atoms with Gasteiger partial charge in [-0.1, -0.05) is 0 Å². The van der Waals surface area contributed by atoms with Gasteiger partial charge in [0.05, 0.1) is 19.3 Å². The molecule has 1 N–H and O–H groups in total. The van der Waals surface area contributed by atoms with Gasteiger partial charge >= 0.3 is 0 Å². The first-order valence-corrected chi connectivity index (χ1v) is 5.24. The molecule has 1 aliphatic rings. The number of hydrogen-bond donors (Lipinski definition) is 1. The van der Waals surface area contributed by atoms with Crippen LogP contribution in [0.4, 0.5) is 0 Å². The minimum absolute atomic E-state index is 0.0201. The van der Waals surface area contributed by atoms with E-state index in [0.717, 1.165) is 6.54 Å². The summed E-state index contributed by atoms with van der Waals surface area (Å²) >= 11 is 0. The molecule has 0 spiro atoms. The molecule has 2 unspecified atom stereocenters. The molecule has 1 amide bonds. The maximum Gasteiger partial charge on any atom is 0.253 e. The van der Waals surface area contributed by atoms with E-state index < -0.39 is 0 Å². The van der Waals surface area contributed by atoms with E-state index in [1.165, 1.54) is 0 Å². The minimum Gasteiger partial charge on any atom is -0.383 e. The Bertz CT molecular complexity index is 205. The number of morpholine rings is 1. The molecule has 1 aliphatic heterocycles. The zero-order valence-corrected chi connectivity index (χ0v) is 9.66. The van der Waals surface area contributed by atoms with Crippen molar-refractivity contribution in [2.45, 2.75) is 19.1 Å². The third-order valence-electron chi connectivity index (χ3n) is 2.62. The number of carbonyl (C=O) groups excluding carboxylic acids is 1. The molecule has 0 bridgehead atoms. The SMILES string of the molecule is COCC(C)N(C)C(=O)C1CNCCO1. The number of likely N-dealkylation sites (N-methyl/N-ethyl adjacent to an activating group) is 1. The second-order valence-electron chi connectivity index (χ2n) is 3.82. The monoisotopic (exact) mass is 216 g/mol. The lowest BCUT2D eigenvalue weighted by Crippen LogP contribution is -2.51. The highest BCUT2D eigenvalue weighted by atomic mass is 16.5. The fraction of sp³-hybridized carbons (Fsp3) is 0.900. The fourth-order valence-corrected chi connectivity index (χ4v) is 1.52. The van der Waals surface area contributed by atoms with Gasteiger partial charge in [0.25, 0.3) is 5.91 Å². The van der Waals surface area contributed by atoms with Crippen molar-refractivity contribution < 1.29 is 14.3 Å². The van der Waals surface area contributed by atoms with Crippen LogP contribution in [-0.2, 0) is 14.3 Å². The molecule has 1 fully saturated rings. The van der Waals surface area contributed by atoms with Gasteiger partial charge in [0, 0.05) is 27.2 Å². The molecule has 2 atom stereocenters. The maximum atomic E-state index is 11.9. The zero-order chi connectivity index (χ0) is 11.3. The first-order valence-electron chi connectivity index (χ1n) is 5.24. The van der Waals surface area contributed by atoms with Crippen molar-refractivity contribution in [1.82, 2.24) is 10.2 Å². The van der Waals surface area contributed by atoms with Crippen LogP contribution in [-0.4, -0.2) is 63.4 Å². The Balaban J connectivity index is 2.43. The summed E-state index contributed by atoms with van der Waals surface area (Å²) in [6.45, 7) is 4.52. The molecule has 1 saturated heterocycles. The van der Waals surface area contributed by atoms with Crippen LogP contribution in [0, 0.1) is 0 Å². The van der Waals surface area contributed by atoms with Crippen molar-refractivity contribution in [3.05, 3.63) is 0 Å². The summed E-state index contributed by atoms with van der Waals surface area (Å²) in [5.74, 6) is 0.0201. The van der Waals surface area contributed by atoms with Crippen molar-refractivity contribution in [3.8, 4) is 0 Å². The maximum absolute atomic E-state index is 11.9. The van der Waals surface area contributed by atoms with Gasteiger partial charge in [-0.05, 0) is 6.92 Å². The molecular formula is C10H20N2O3. The largest absolute Gasteiger partial charge is 0.383 e. The molecule has 0 aliphatic carbocycles. The molecule has 5 heteroatoms. The van der Waals surface area contributed by atoms with Crippen LogP contribution in [0.15, 0.2) is 0 Å². The third kappa shape index (κ3) is 3.44. The Kier molecular flexibility index (Phi) is 5.01. The quantitative estimate of drug-likeness (QED) is 0.686. The van der Waals surface area contributed by atoms with E-state index in [0.29, 0.717) is 19.8 Å². The number of carbonyl (C=O) groups is 1. The average Bonchev–Trinajstić information content (AvgIpc) is 2.28. The third-order valence-corrected chi connectivity index (χ3v) is 2.62. The first-order chi connectivity index (χ1) is 7.16. The summed E-state index contributed by atoms with van der Waals surface area (Å²) < 4.78 is 10.4. The Morgan fingerprint density at radius 1 is 1.73 bits per heavy atom. The number of rotatable bonds is 4. The Hall–Kier alpha value is -0.650. The molecule has 0 radical (unpaired) electrons. The van der Waals surface area contributed by atoms with Gasteiger partial charge in [0.2, 0.25) is 0 Å². The minimum atomic E-state index is -0.344. The molecule has 0 saturated carbocycles. The standard InChI is InChI=1S/C10H20N2O3/c1-8(7-14-3)12(2)10(13)9-6-11-4-5-15-9/h8-9,11H,4-7H2,1-3H3. The normalized spacial score (nSPS) is 23.5. The van der Waals surface area contributed by atoms with Gasteiger partial charge in [-0.3, -0.25) is 4.79 Å². The second-order valence-corrected chi connectivity index (χ2v) is 3.82. The lowest BCUT2D eigenvalue weighted by Gasteiger charge is -2.30. The van der Waals surface area contributed by atoms with E-state index in [1.54, 1.807) is 19.1 Å². The van der Waals surface area contributed by atoms with Gasteiger partial charge in [-0.15, -0.1) is 0 Å². The molecule has 0 aromatic carbocycles. The predicted molar refractivity (Wildman–Crippen MR) is 56.7 cm³/mol. The van der Waals surface area contributed by atoms with E-state index in [4.69, 9.17) is 9.47 Å². The molecule has 88 valence electrons. The summed E-state index contributed by atoms with van der Waals surface area (Å²) in [7, 11) is 3.41. The summed E-state index contributed by atoms with van der Waals surface area (Å²) in [5.41, 5.74) is 0. The van der Waals surface area contributed by atoms with Crippen molar-refractivity contribution in [1.29, 1.82) is 0 Å². The highest BCUT2D eigenvalue weighted by Crippen LogP contribution is 2.04. The summed E-state index contributed by atoms with van der Waals surface area (Å²) in [6.07, 6.45) is -0.344. The number of amides is 1. The lowest BCUT2D eigenvalue weighted by atomic mass is 10.2. The molecule has 5 nitrogen and oxygen atoms in total. The Morgan fingerprint density at radius 2 is 2.47 bits per heavy atom. The first kappa shape index (κ1) is 12.4. The molecule has 1 rings (SSSR count). The van der Waals surface area contributed by atoms with Gasteiger partial charge in [0.1, 0.15) is 6.10 Å². The van der Waals surface area contributed by atoms with Crippen molar-refractivity contribution in [2.24, 2.45) is 0 Å². The van der Waals surface area contributed by atoms with Crippen molar-refractivity contribution in [2.75, 3.05) is 40.5 Å². The van der Waals surface area contributed by atoms with E-state index in [2.05, 4.69) is 5.32 Å². The van der Waals surface area contributed by atoms with Crippen LogP contribution in [0.25, 0.3) is 0 Å². The van der Waals surface area contributed by atoms with Crippen LogP contribution in [0.3, 0.4) is 0 Å². The van der Waals surface area contributed by atoms with Gasteiger partial charge in [-0.25, -0.2) is 0 Å². The Morgan fingerprint density at radius 3 is 3.00 bits per heavy atom. The van der Waals surface area contributed by atoms with Crippen molar-refractivity contribution >= 4 is 5.91 Å². The van der Waals surface area contributed by atoms with Crippen molar-refractivity contribution in [3.63, 3.8) is 0 Å². The fourth-order valence-electron chi connectivity index (χ4n) is 1.52. The zero-order valence-electron chi connectivity index (χ0n) is 9.66. The highest BCUT2D eigenvalue weighted by Gasteiger charge is 2.27. The van der Waals surface area contributed by atoms with Gasteiger partial charge < -0.3 is 19.7 Å². The van der Waals surface area contributed by atoms with Gasteiger partial charge in [0.15, 0.2) is 0 Å². The number of ether oxygens (including phenoxy) is 2. The van der Waals surface area contributed by atoms with E-state index in [-0.39, 0.29) is 18.1 Å². The number of nitrogens with zero attached hydrogens (tertiary/aromatic N) is 1. The molecular weight excluding hydrogens is 196 g/mol. The molecule has 15 heavy (non-hydrogen) atoms.